The Morgan fingerprint density at radius 3 is 2.33 bits per heavy atom. The van der Waals surface area contributed by atoms with Gasteiger partial charge in [0, 0.05) is 12.0 Å². The maximum absolute atomic E-state index is 11.9. The number of carbonyl (C=O) groups excluding carboxylic acids is 1. The Kier molecular flexibility index (Phi) is 7.38. The van der Waals surface area contributed by atoms with Crippen LogP contribution < -0.4 is 0 Å². The van der Waals surface area contributed by atoms with Gasteiger partial charge in [0.25, 0.3) is 0 Å². The van der Waals surface area contributed by atoms with Crippen LogP contribution in [0.2, 0.25) is 10.0 Å². The highest BCUT2D eigenvalue weighted by Crippen LogP contribution is 2.23. The molecule has 0 saturated carbocycles. The predicted octanol–water partition coefficient (Wildman–Crippen LogP) is 5.93. The van der Waals surface area contributed by atoms with Crippen molar-refractivity contribution in [3.8, 4) is 0 Å². The highest BCUT2D eigenvalue weighted by molar-refractivity contribution is 6.42. The fraction of sp³-hybridized carbons (Fsp3) is 0.533. The lowest BCUT2D eigenvalue weighted by atomic mass is 10.0. The lowest BCUT2D eigenvalue weighted by Gasteiger charge is -2.03. The van der Waals surface area contributed by atoms with Crippen molar-refractivity contribution in [3.05, 3.63) is 33.8 Å². The third-order valence-electron chi connectivity index (χ3n) is 3.00. The van der Waals surface area contributed by atoms with Gasteiger partial charge in [-0.25, -0.2) is 0 Å². The van der Waals surface area contributed by atoms with Gasteiger partial charge in [-0.2, -0.15) is 0 Å². The van der Waals surface area contributed by atoms with Gasteiger partial charge >= 0.3 is 0 Å². The number of Topliss-reactive ketones (excluding diaryl/α,β-unsaturated/α-hetero) is 1. The second-order valence-corrected chi connectivity index (χ2v) is 5.38. The van der Waals surface area contributed by atoms with Gasteiger partial charge in [-0.3, -0.25) is 4.79 Å². The molecule has 3 heteroatoms. The Hall–Kier alpha value is -0.530. The molecular formula is C15H20Cl2O. The number of unbranched alkanes of at least 4 members (excludes halogenated alkanes) is 5. The number of hydrogen-bond acceptors (Lipinski definition) is 1. The Bertz CT molecular complexity index is 388. The number of ketones is 1. The Morgan fingerprint density at radius 2 is 1.67 bits per heavy atom. The first-order valence-corrected chi connectivity index (χ1v) is 7.39. The molecule has 18 heavy (non-hydrogen) atoms. The second kappa shape index (κ2) is 8.55. The zero-order chi connectivity index (χ0) is 13.4. The van der Waals surface area contributed by atoms with Gasteiger partial charge < -0.3 is 0 Å². The molecule has 0 radical (unpaired) electrons. The number of hydrogen-bond donors (Lipinski definition) is 0. The third kappa shape index (κ3) is 5.41. The van der Waals surface area contributed by atoms with Crippen LogP contribution >= 0.6 is 23.2 Å². The first-order valence-electron chi connectivity index (χ1n) is 6.63. The van der Waals surface area contributed by atoms with E-state index in [0.717, 1.165) is 12.8 Å². The summed E-state index contributed by atoms with van der Waals surface area (Å²) < 4.78 is 0. The standard InChI is InChI=1S/C15H20Cl2O/c1-2-3-4-5-6-7-8-15(18)12-9-10-13(16)14(17)11-12/h9-11H,2-8H2,1H3. The molecule has 0 aliphatic rings. The Labute approximate surface area is 119 Å². The van der Waals surface area contributed by atoms with Crippen molar-refractivity contribution in [2.24, 2.45) is 0 Å². The molecule has 0 spiro atoms. The van der Waals surface area contributed by atoms with E-state index in [0.29, 0.717) is 22.0 Å². The SMILES string of the molecule is CCCCCCCCC(=O)c1ccc(Cl)c(Cl)c1. The number of benzene rings is 1. The van der Waals surface area contributed by atoms with E-state index < -0.39 is 0 Å². The number of rotatable bonds is 8. The molecule has 1 aromatic carbocycles. The van der Waals surface area contributed by atoms with Gasteiger partial charge in [-0.1, -0.05) is 62.2 Å². The number of carbonyl (C=O) groups is 1. The van der Waals surface area contributed by atoms with Gasteiger partial charge in [-0.15, -0.1) is 0 Å². The molecule has 0 N–H and O–H groups in total. The van der Waals surface area contributed by atoms with E-state index in [-0.39, 0.29) is 5.78 Å². The van der Waals surface area contributed by atoms with Crippen LogP contribution in [0.5, 0.6) is 0 Å². The van der Waals surface area contributed by atoms with Crippen LogP contribution in [-0.2, 0) is 0 Å². The first-order chi connectivity index (χ1) is 8.65. The molecule has 0 aromatic heterocycles. The van der Waals surface area contributed by atoms with Crippen molar-refractivity contribution in [2.75, 3.05) is 0 Å². The van der Waals surface area contributed by atoms with Crippen LogP contribution in [0.4, 0.5) is 0 Å². The van der Waals surface area contributed by atoms with Crippen molar-refractivity contribution in [3.63, 3.8) is 0 Å². The van der Waals surface area contributed by atoms with Gasteiger partial charge in [-0.05, 0) is 24.6 Å². The average Bonchev–Trinajstić information content (AvgIpc) is 2.36. The van der Waals surface area contributed by atoms with Crippen LogP contribution in [0.3, 0.4) is 0 Å². The van der Waals surface area contributed by atoms with Gasteiger partial charge in [0.15, 0.2) is 5.78 Å². The molecule has 0 aliphatic carbocycles. The highest BCUT2D eigenvalue weighted by Gasteiger charge is 2.07. The summed E-state index contributed by atoms with van der Waals surface area (Å²) in [5, 5.41) is 0.943. The van der Waals surface area contributed by atoms with E-state index in [9.17, 15) is 4.79 Å². The van der Waals surface area contributed by atoms with Crippen molar-refractivity contribution >= 4 is 29.0 Å². The van der Waals surface area contributed by atoms with Crippen molar-refractivity contribution in [1.29, 1.82) is 0 Å². The Morgan fingerprint density at radius 1 is 1.00 bits per heavy atom. The molecule has 0 heterocycles. The number of halogens is 2. The molecule has 100 valence electrons. The van der Waals surface area contributed by atoms with Crippen molar-refractivity contribution in [2.45, 2.75) is 51.9 Å². The van der Waals surface area contributed by atoms with Crippen LogP contribution in [0.25, 0.3) is 0 Å². The summed E-state index contributed by atoms with van der Waals surface area (Å²) in [7, 11) is 0. The minimum Gasteiger partial charge on any atom is -0.294 e. The smallest absolute Gasteiger partial charge is 0.162 e. The van der Waals surface area contributed by atoms with Gasteiger partial charge in [0.1, 0.15) is 0 Å². The van der Waals surface area contributed by atoms with Crippen LogP contribution in [-0.4, -0.2) is 5.78 Å². The Balaban J connectivity index is 2.30. The second-order valence-electron chi connectivity index (χ2n) is 4.57. The summed E-state index contributed by atoms with van der Waals surface area (Å²) in [6, 6.07) is 5.08. The van der Waals surface area contributed by atoms with Crippen LogP contribution in [0, 0.1) is 0 Å². The van der Waals surface area contributed by atoms with Gasteiger partial charge in [0.05, 0.1) is 10.0 Å². The maximum atomic E-state index is 11.9. The molecule has 0 saturated heterocycles. The van der Waals surface area contributed by atoms with E-state index in [1.807, 2.05) is 0 Å². The molecule has 0 fully saturated rings. The fourth-order valence-corrected chi connectivity index (χ4v) is 2.18. The lowest BCUT2D eigenvalue weighted by molar-refractivity contribution is 0.0979. The monoisotopic (exact) mass is 286 g/mol. The fourth-order valence-electron chi connectivity index (χ4n) is 1.88. The topological polar surface area (TPSA) is 17.1 Å². The third-order valence-corrected chi connectivity index (χ3v) is 3.74. The molecule has 0 atom stereocenters. The summed E-state index contributed by atoms with van der Waals surface area (Å²) in [5.74, 6) is 0.157. The zero-order valence-electron chi connectivity index (χ0n) is 10.8. The largest absolute Gasteiger partial charge is 0.294 e. The molecule has 0 aliphatic heterocycles. The van der Waals surface area contributed by atoms with E-state index in [1.54, 1.807) is 18.2 Å². The maximum Gasteiger partial charge on any atom is 0.162 e. The quantitative estimate of drug-likeness (QED) is 0.428. The van der Waals surface area contributed by atoms with Crippen LogP contribution in [0.1, 0.15) is 62.2 Å². The molecule has 0 amide bonds. The summed E-state index contributed by atoms with van der Waals surface area (Å²) >= 11 is 11.7. The zero-order valence-corrected chi connectivity index (χ0v) is 12.4. The minimum absolute atomic E-state index is 0.157. The van der Waals surface area contributed by atoms with Crippen molar-refractivity contribution in [1.82, 2.24) is 0 Å². The minimum atomic E-state index is 0.157. The molecular weight excluding hydrogens is 267 g/mol. The predicted molar refractivity (Wildman–Crippen MR) is 78.8 cm³/mol. The molecule has 0 bridgehead atoms. The summed E-state index contributed by atoms with van der Waals surface area (Å²) in [6.45, 7) is 2.20. The molecule has 1 aromatic rings. The average molecular weight is 287 g/mol. The van der Waals surface area contributed by atoms with E-state index in [4.69, 9.17) is 23.2 Å². The molecule has 0 unspecified atom stereocenters. The van der Waals surface area contributed by atoms with E-state index in [2.05, 4.69) is 6.92 Å². The molecule has 1 nitrogen and oxygen atoms in total. The van der Waals surface area contributed by atoms with Crippen molar-refractivity contribution < 1.29 is 4.79 Å². The van der Waals surface area contributed by atoms with E-state index >= 15 is 0 Å². The lowest BCUT2D eigenvalue weighted by Crippen LogP contribution is -1.98. The molecule has 1 rings (SSSR count). The van der Waals surface area contributed by atoms with E-state index in [1.165, 1.54) is 25.7 Å². The van der Waals surface area contributed by atoms with Gasteiger partial charge in [0.2, 0.25) is 0 Å². The summed E-state index contributed by atoms with van der Waals surface area (Å²) in [4.78, 5) is 11.9. The first kappa shape index (κ1) is 15.5. The van der Waals surface area contributed by atoms with Crippen LogP contribution in [0.15, 0.2) is 18.2 Å². The summed E-state index contributed by atoms with van der Waals surface area (Å²) in [5.41, 5.74) is 0.665. The normalized spacial score (nSPS) is 10.6. The summed E-state index contributed by atoms with van der Waals surface area (Å²) in [6.07, 6.45) is 7.74. The highest BCUT2D eigenvalue weighted by atomic mass is 35.5.